The average molecular weight is 334 g/mol. The molecule has 0 heterocycles. The van der Waals surface area contributed by atoms with Crippen molar-refractivity contribution >= 4 is 23.0 Å². The molecule has 0 spiro atoms. The van der Waals surface area contributed by atoms with Gasteiger partial charge in [0.2, 0.25) is 0 Å². The summed E-state index contributed by atoms with van der Waals surface area (Å²) in [6.45, 7) is 0.453. The van der Waals surface area contributed by atoms with Gasteiger partial charge in [-0.05, 0) is 29.8 Å². The predicted octanol–water partition coefficient (Wildman–Crippen LogP) is 4.29. The van der Waals surface area contributed by atoms with Crippen LogP contribution in [0.4, 0.5) is 17.1 Å². The van der Waals surface area contributed by atoms with E-state index in [2.05, 4.69) is 5.32 Å². The van der Waals surface area contributed by atoms with Crippen molar-refractivity contribution in [3.8, 4) is 5.75 Å². The van der Waals surface area contributed by atoms with Crippen molar-refractivity contribution in [3.63, 3.8) is 0 Å². The van der Waals surface area contributed by atoms with E-state index in [1.165, 1.54) is 6.07 Å². The van der Waals surface area contributed by atoms with E-state index in [-0.39, 0.29) is 5.56 Å². The number of anilines is 3. The highest BCUT2D eigenvalue weighted by molar-refractivity contribution is 5.95. The molecule has 0 bridgehead atoms. The average Bonchev–Trinajstić information content (AvgIpc) is 2.63. The maximum atomic E-state index is 11.3. The number of aromatic carboxylic acids is 1. The minimum absolute atomic E-state index is 0.186. The highest BCUT2D eigenvalue weighted by Gasteiger charge is 2.10. The van der Waals surface area contributed by atoms with Crippen LogP contribution in [0.5, 0.6) is 5.75 Å². The molecule has 0 saturated heterocycles. The molecule has 0 radical (unpaired) electrons. The smallest absolute Gasteiger partial charge is 0.337 e. The number of hydrogen-bond acceptors (Lipinski definition) is 4. The van der Waals surface area contributed by atoms with Crippen LogP contribution in [0.3, 0.4) is 0 Å². The Kier molecular flexibility index (Phi) is 4.85. The van der Waals surface area contributed by atoms with Crippen LogP contribution >= 0.6 is 0 Å². The molecule has 0 aromatic heterocycles. The molecule has 5 nitrogen and oxygen atoms in total. The van der Waals surface area contributed by atoms with Gasteiger partial charge in [0.1, 0.15) is 12.4 Å². The molecule has 3 rings (SSSR count). The van der Waals surface area contributed by atoms with E-state index >= 15 is 0 Å². The fraction of sp³-hybridized carbons (Fsp3) is 0.0500. The van der Waals surface area contributed by atoms with Gasteiger partial charge in [0, 0.05) is 6.07 Å². The first-order valence-corrected chi connectivity index (χ1v) is 7.79. The Morgan fingerprint density at radius 1 is 0.960 bits per heavy atom. The van der Waals surface area contributed by atoms with Crippen molar-refractivity contribution in [1.29, 1.82) is 0 Å². The highest BCUT2D eigenvalue weighted by Crippen LogP contribution is 2.29. The summed E-state index contributed by atoms with van der Waals surface area (Å²) in [5, 5.41) is 12.3. The van der Waals surface area contributed by atoms with Gasteiger partial charge in [-0.25, -0.2) is 4.79 Å². The Labute approximate surface area is 145 Å². The lowest BCUT2D eigenvalue weighted by Crippen LogP contribution is -2.04. The number of rotatable bonds is 6. The number of benzene rings is 3. The van der Waals surface area contributed by atoms with Gasteiger partial charge < -0.3 is 20.9 Å². The summed E-state index contributed by atoms with van der Waals surface area (Å²) < 4.78 is 5.74. The molecule has 3 aromatic carbocycles. The Morgan fingerprint density at radius 3 is 2.40 bits per heavy atom. The minimum Gasteiger partial charge on any atom is -0.489 e. The summed E-state index contributed by atoms with van der Waals surface area (Å²) in [6, 6.07) is 21.8. The summed E-state index contributed by atoms with van der Waals surface area (Å²) in [5.74, 6) is -0.345. The Bertz CT molecular complexity index is 879. The SMILES string of the molecule is Nc1cc(OCc2ccccc2)ccc1Nc1ccccc1C(=O)O. The molecule has 0 aliphatic heterocycles. The summed E-state index contributed by atoms with van der Waals surface area (Å²) >= 11 is 0. The number of nitrogen functional groups attached to an aromatic ring is 1. The topological polar surface area (TPSA) is 84.6 Å². The molecule has 0 aliphatic rings. The van der Waals surface area contributed by atoms with E-state index in [0.717, 1.165) is 5.56 Å². The maximum absolute atomic E-state index is 11.3. The van der Waals surface area contributed by atoms with Crippen molar-refractivity contribution < 1.29 is 14.6 Å². The molecular formula is C20H18N2O3. The van der Waals surface area contributed by atoms with Gasteiger partial charge in [-0.3, -0.25) is 0 Å². The number of carboxylic acid groups (broad SMARTS) is 1. The van der Waals surface area contributed by atoms with Crippen LogP contribution in [0.1, 0.15) is 15.9 Å². The van der Waals surface area contributed by atoms with E-state index in [0.29, 0.717) is 29.4 Å². The summed E-state index contributed by atoms with van der Waals surface area (Å²) in [6.07, 6.45) is 0. The third-order valence-corrected chi connectivity index (χ3v) is 3.70. The standard InChI is InChI=1S/C20H18N2O3/c21-17-12-15(25-13-14-6-2-1-3-7-14)10-11-19(17)22-18-9-5-4-8-16(18)20(23)24/h1-12,22H,13,21H2,(H,23,24). The van der Waals surface area contributed by atoms with Crippen molar-refractivity contribution in [2.24, 2.45) is 0 Å². The van der Waals surface area contributed by atoms with E-state index in [4.69, 9.17) is 10.5 Å². The fourth-order valence-electron chi connectivity index (χ4n) is 2.41. The van der Waals surface area contributed by atoms with Crippen molar-refractivity contribution in [2.45, 2.75) is 6.61 Å². The lowest BCUT2D eigenvalue weighted by Gasteiger charge is -2.13. The normalized spacial score (nSPS) is 10.2. The van der Waals surface area contributed by atoms with Gasteiger partial charge in [0.05, 0.1) is 22.6 Å². The fourth-order valence-corrected chi connectivity index (χ4v) is 2.41. The predicted molar refractivity (Wildman–Crippen MR) is 98.3 cm³/mol. The molecule has 0 fully saturated rings. The van der Waals surface area contributed by atoms with Crippen molar-refractivity contribution in [2.75, 3.05) is 11.1 Å². The zero-order valence-corrected chi connectivity index (χ0v) is 13.5. The van der Waals surface area contributed by atoms with Crippen LogP contribution in [0.2, 0.25) is 0 Å². The zero-order valence-electron chi connectivity index (χ0n) is 13.5. The van der Waals surface area contributed by atoms with Gasteiger partial charge in [-0.1, -0.05) is 42.5 Å². The summed E-state index contributed by atoms with van der Waals surface area (Å²) in [7, 11) is 0. The van der Waals surface area contributed by atoms with Gasteiger partial charge in [-0.2, -0.15) is 0 Å². The monoisotopic (exact) mass is 334 g/mol. The third-order valence-electron chi connectivity index (χ3n) is 3.70. The number of hydrogen-bond donors (Lipinski definition) is 3. The molecule has 126 valence electrons. The highest BCUT2D eigenvalue weighted by atomic mass is 16.5. The Hall–Kier alpha value is -3.47. The first-order valence-electron chi connectivity index (χ1n) is 7.79. The number of carbonyl (C=O) groups is 1. The molecule has 4 N–H and O–H groups in total. The second-order valence-corrected chi connectivity index (χ2v) is 5.50. The molecule has 3 aromatic rings. The van der Waals surface area contributed by atoms with Gasteiger partial charge in [-0.15, -0.1) is 0 Å². The van der Waals surface area contributed by atoms with Crippen LogP contribution in [0.25, 0.3) is 0 Å². The second kappa shape index (κ2) is 7.40. The number of nitrogens with two attached hydrogens (primary N) is 1. The van der Waals surface area contributed by atoms with Crippen molar-refractivity contribution in [3.05, 3.63) is 83.9 Å². The number of carboxylic acids is 1. The summed E-state index contributed by atoms with van der Waals surface area (Å²) in [4.78, 5) is 11.3. The number of nitrogens with one attached hydrogen (secondary N) is 1. The zero-order chi connectivity index (χ0) is 17.6. The number of para-hydroxylation sites is 1. The molecule has 0 unspecified atom stereocenters. The van der Waals surface area contributed by atoms with Crippen LogP contribution in [0, 0.1) is 0 Å². The molecule has 5 heteroatoms. The maximum Gasteiger partial charge on any atom is 0.337 e. The van der Waals surface area contributed by atoms with E-state index in [1.807, 2.05) is 30.3 Å². The van der Waals surface area contributed by atoms with Crippen molar-refractivity contribution in [1.82, 2.24) is 0 Å². The third kappa shape index (κ3) is 4.09. The van der Waals surface area contributed by atoms with E-state index < -0.39 is 5.97 Å². The van der Waals surface area contributed by atoms with Crippen LogP contribution in [0.15, 0.2) is 72.8 Å². The molecular weight excluding hydrogens is 316 g/mol. The molecule has 0 amide bonds. The van der Waals surface area contributed by atoms with Crippen LogP contribution in [-0.2, 0) is 6.61 Å². The first-order chi connectivity index (χ1) is 12.1. The van der Waals surface area contributed by atoms with E-state index in [1.54, 1.807) is 36.4 Å². The first kappa shape index (κ1) is 16.4. The molecule has 0 atom stereocenters. The largest absolute Gasteiger partial charge is 0.489 e. The van der Waals surface area contributed by atoms with E-state index in [9.17, 15) is 9.90 Å². The summed E-state index contributed by atoms with van der Waals surface area (Å²) in [5.41, 5.74) is 8.92. The van der Waals surface area contributed by atoms with Gasteiger partial charge in [0.15, 0.2) is 0 Å². The van der Waals surface area contributed by atoms with Crippen LogP contribution < -0.4 is 15.8 Å². The Morgan fingerprint density at radius 2 is 1.68 bits per heavy atom. The molecule has 0 aliphatic carbocycles. The quantitative estimate of drug-likeness (QED) is 0.586. The van der Waals surface area contributed by atoms with Gasteiger partial charge >= 0.3 is 5.97 Å². The second-order valence-electron chi connectivity index (χ2n) is 5.50. The lowest BCUT2D eigenvalue weighted by molar-refractivity contribution is 0.0698. The number of ether oxygens (including phenoxy) is 1. The molecule has 0 saturated carbocycles. The van der Waals surface area contributed by atoms with Gasteiger partial charge in [0.25, 0.3) is 0 Å². The van der Waals surface area contributed by atoms with Crippen LogP contribution in [-0.4, -0.2) is 11.1 Å². The minimum atomic E-state index is -0.996. The molecule has 25 heavy (non-hydrogen) atoms. The Balaban J connectivity index is 1.73. The lowest BCUT2D eigenvalue weighted by atomic mass is 10.1.